The minimum Gasteiger partial charge on any atom is -0.454 e. The number of thioether (sulfide) groups is 1. The van der Waals surface area contributed by atoms with E-state index in [0.717, 1.165) is 22.0 Å². The van der Waals surface area contributed by atoms with Gasteiger partial charge in [-0.05, 0) is 36.6 Å². The molecule has 172 valence electrons. The molecular weight excluding hydrogens is 454 g/mol. The van der Waals surface area contributed by atoms with E-state index in [1.165, 1.54) is 16.4 Å². The smallest absolute Gasteiger partial charge is 0.264 e. The van der Waals surface area contributed by atoms with Gasteiger partial charge in [0.1, 0.15) is 0 Å². The van der Waals surface area contributed by atoms with Gasteiger partial charge in [0.2, 0.25) is 17.9 Å². The predicted molar refractivity (Wildman–Crippen MR) is 132 cm³/mol. The van der Waals surface area contributed by atoms with Crippen molar-refractivity contribution in [1.82, 2.24) is 14.9 Å². The highest BCUT2D eigenvalue weighted by molar-refractivity contribution is 7.99. The summed E-state index contributed by atoms with van der Waals surface area (Å²) in [6, 6.07) is 19.2. The molecule has 5 rings (SSSR count). The van der Waals surface area contributed by atoms with Gasteiger partial charge in [0.05, 0.1) is 11.5 Å². The van der Waals surface area contributed by atoms with Crippen molar-refractivity contribution < 1.29 is 14.3 Å². The number of nitrogens with zero attached hydrogens (tertiary/aromatic N) is 4. The maximum atomic E-state index is 12.5. The number of nitrogens with one attached hydrogen (secondary N) is 2. The van der Waals surface area contributed by atoms with E-state index in [9.17, 15) is 4.79 Å². The van der Waals surface area contributed by atoms with Gasteiger partial charge in [-0.25, -0.2) is 10.1 Å². The van der Waals surface area contributed by atoms with Gasteiger partial charge in [0.15, 0.2) is 11.5 Å². The Kier molecular flexibility index (Phi) is 5.91. The zero-order chi connectivity index (χ0) is 23.5. The van der Waals surface area contributed by atoms with E-state index in [0.29, 0.717) is 22.4 Å². The first kappa shape index (κ1) is 21.6. The minimum atomic E-state index is -0.171. The maximum absolute atomic E-state index is 12.5. The van der Waals surface area contributed by atoms with Crippen molar-refractivity contribution in [2.75, 3.05) is 29.1 Å². The van der Waals surface area contributed by atoms with Gasteiger partial charge in [0.25, 0.3) is 5.95 Å². The van der Waals surface area contributed by atoms with Crippen molar-refractivity contribution >= 4 is 45.8 Å². The summed E-state index contributed by atoms with van der Waals surface area (Å²) < 4.78 is 12.0. The van der Waals surface area contributed by atoms with Crippen LogP contribution < -0.4 is 26.1 Å². The summed E-state index contributed by atoms with van der Waals surface area (Å²) in [6.07, 6.45) is 0. The van der Waals surface area contributed by atoms with Crippen LogP contribution >= 0.6 is 11.8 Å². The number of benzene rings is 3. The van der Waals surface area contributed by atoms with E-state index in [-0.39, 0.29) is 24.4 Å². The largest absolute Gasteiger partial charge is 0.454 e. The van der Waals surface area contributed by atoms with Gasteiger partial charge >= 0.3 is 0 Å². The summed E-state index contributed by atoms with van der Waals surface area (Å²) in [5.74, 6) is 7.67. The lowest BCUT2D eigenvalue weighted by Crippen LogP contribution is -2.17. The van der Waals surface area contributed by atoms with E-state index >= 15 is 0 Å². The van der Waals surface area contributed by atoms with Gasteiger partial charge in [-0.2, -0.15) is 5.10 Å². The van der Waals surface area contributed by atoms with Crippen molar-refractivity contribution in [3.05, 3.63) is 66.2 Å². The molecule has 34 heavy (non-hydrogen) atoms. The average Bonchev–Trinajstić information content (AvgIpc) is 3.47. The lowest BCUT2D eigenvalue weighted by atomic mass is 10.1. The van der Waals surface area contributed by atoms with Gasteiger partial charge in [-0.15, -0.1) is 10.2 Å². The number of hydrogen-bond acceptors (Lipinski definition) is 9. The van der Waals surface area contributed by atoms with Crippen molar-refractivity contribution in [2.45, 2.75) is 12.1 Å². The Labute approximate surface area is 199 Å². The maximum Gasteiger partial charge on any atom is 0.264 e. The number of hydrogen-bond donors (Lipinski definition) is 3. The molecule has 0 saturated heterocycles. The molecule has 0 bridgehead atoms. The highest BCUT2D eigenvalue weighted by Crippen LogP contribution is 2.32. The summed E-state index contributed by atoms with van der Waals surface area (Å²) in [7, 11) is 0. The van der Waals surface area contributed by atoms with Crippen LogP contribution in [0.1, 0.15) is 12.5 Å². The molecule has 4 aromatic rings. The van der Waals surface area contributed by atoms with Crippen LogP contribution in [0.5, 0.6) is 11.5 Å². The number of anilines is 2. The lowest BCUT2D eigenvalue weighted by molar-refractivity contribution is -0.113. The van der Waals surface area contributed by atoms with Crippen LogP contribution in [0.3, 0.4) is 0 Å². The first-order chi connectivity index (χ1) is 16.6. The van der Waals surface area contributed by atoms with Crippen LogP contribution in [0.2, 0.25) is 0 Å². The zero-order valence-corrected chi connectivity index (χ0v) is 19.0. The van der Waals surface area contributed by atoms with Crippen LogP contribution in [-0.2, 0) is 4.79 Å². The van der Waals surface area contributed by atoms with E-state index in [1.54, 1.807) is 0 Å². The van der Waals surface area contributed by atoms with E-state index in [2.05, 4.69) is 26.0 Å². The molecule has 3 aromatic carbocycles. The topological polar surface area (TPSA) is 129 Å². The second kappa shape index (κ2) is 9.32. The molecule has 1 aliphatic heterocycles. The number of amides is 1. The number of carbonyl (C=O) groups is 1. The first-order valence-electron chi connectivity index (χ1n) is 10.4. The molecule has 0 aliphatic carbocycles. The molecule has 0 radical (unpaired) electrons. The summed E-state index contributed by atoms with van der Waals surface area (Å²) >= 11 is 1.18. The van der Waals surface area contributed by atoms with Crippen LogP contribution in [0.15, 0.2) is 70.9 Å². The fourth-order valence-electron chi connectivity index (χ4n) is 3.42. The molecule has 11 heteroatoms. The second-order valence-electron chi connectivity index (χ2n) is 7.42. The molecule has 0 unspecified atom stereocenters. The molecule has 2 heterocycles. The number of ether oxygens (including phenoxy) is 2. The first-order valence-corrected chi connectivity index (χ1v) is 11.4. The molecule has 1 aromatic heterocycles. The number of rotatable bonds is 7. The Hall–Kier alpha value is -4.25. The van der Waals surface area contributed by atoms with Gasteiger partial charge < -0.3 is 20.6 Å². The van der Waals surface area contributed by atoms with Crippen LogP contribution in [-0.4, -0.2) is 39.0 Å². The molecule has 0 fully saturated rings. The normalized spacial score (nSPS) is 12.7. The van der Waals surface area contributed by atoms with Crippen LogP contribution in [0.25, 0.3) is 10.8 Å². The molecule has 0 atom stereocenters. The van der Waals surface area contributed by atoms with E-state index < -0.39 is 0 Å². The Morgan fingerprint density at radius 2 is 1.94 bits per heavy atom. The Morgan fingerprint density at radius 3 is 2.85 bits per heavy atom. The predicted octanol–water partition coefficient (Wildman–Crippen LogP) is 3.44. The number of nitrogens with two attached hydrogens (primary N) is 1. The standard InChI is InChI=1S/C23H21N7O3S/c1-14(16-9-10-19-20(11-16)33-13-32-19)26-27-22-28-29-23(30(22)24)34-12-21(31)25-18-8-4-6-15-5-2-3-7-17(15)18/h2-11H,12-13,24H2,1H3,(H,25,31)(H,27,28)/b26-14+. The number of carbonyl (C=O) groups excluding carboxylic acids is 1. The van der Waals surface area contributed by atoms with Crippen molar-refractivity contribution in [3.8, 4) is 11.5 Å². The average molecular weight is 476 g/mol. The molecule has 0 spiro atoms. The number of aromatic nitrogens is 3. The summed E-state index contributed by atoms with van der Waals surface area (Å²) in [5.41, 5.74) is 5.13. The SMILES string of the molecule is C/C(=N\Nc1nnc(SCC(=O)Nc2cccc3ccccc23)n1N)c1ccc2c(c1)OCO2. The molecule has 10 nitrogen and oxygen atoms in total. The molecule has 4 N–H and O–H groups in total. The summed E-state index contributed by atoms with van der Waals surface area (Å²) in [5, 5.41) is 17.7. The van der Waals surface area contributed by atoms with Crippen molar-refractivity contribution in [1.29, 1.82) is 0 Å². The third kappa shape index (κ3) is 4.46. The van der Waals surface area contributed by atoms with Crippen molar-refractivity contribution in [2.24, 2.45) is 5.10 Å². The van der Waals surface area contributed by atoms with E-state index in [4.69, 9.17) is 15.3 Å². The number of nitrogen functional groups attached to an aromatic ring is 1. The highest BCUT2D eigenvalue weighted by atomic mass is 32.2. The number of fused-ring (bicyclic) bond motifs is 2. The van der Waals surface area contributed by atoms with Crippen molar-refractivity contribution in [3.63, 3.8) is 0 Å². The minimum absolute atomic E-state index is 0.123. The molecule has 1 aliphatic rings. The zero-order valence-electron chi connectivity index (χ0n) is 18.2. The van der Waals surface area contributed by atoms with Crippen LogP contribution in [0.4, 0.5) is 11.6 Å². The Bertz CT molecular complexity index is 1400. The lowest BCUT2D eigenvalue weighted by Gasteiger charge is -2.08. The quantitative estimate of drug-likeness (QED) is 0.160. The fraction of sp³-hybridized carbons (Fsp3) is 0.130. The van der Waals surface area contributed by atoms with Gasteiger partial charge in [-0.1, -0.05) is 48.2 Å². The highest BCUT2D eigenvalue weighted by Gasteiger charge is 2.15. The van der Waals surface area contributed by atoms with Crippen LogP contribution in [0, 0.1) is 0 Å². The Balaban J connectivity index is 1.20. The van der Waals surface area contributed by atoms with E-state index in [1.807, 2.05) is 67.6 Å². The molecule has 1 amide bonds. The third-order valence-corrected chi connectivity index (χ3v) is 6.12. The molecule has 0 saturated carbocycles. The summed E-state index contributed by atoms with van der Waals surface area (Å²) in [6.45, 7) is 2.05. The second-order valence-corrected chi connectivity index (χ2v) is 8.36. The van der Waals surface area contributed by atoms with Gasteiger partial charge in [0, 0.05) is 16.6 Å². The van der Waals surface area contributed by atoms with Gasteiger partial charge in [-0.3, -0.25) is 4.79 Å². The monoisotopic (exact) mass is 475 g/mol. The summed E-state index contributed by atoms with van der Waals surface area (Å²) in [4.78, 5) is 12.5. The Morgan fingerprint density at radius 1 is 1.12 bits per heavy atom. The fourth-order valence-corrected chi connectivity index (χ4v) is 4.08. The third-order valence-electron chi connectivity index (χ3n) is 5.17. The molecular formula is C23H21N7O3S. The number of hydrazone groups is 1.